The molecule has 1 saturated carbocycles. The number of hydrogen-bond donors (Lipinski definition) is 2. The van der Waals surface area contributed by atoms with Crippen molar-refractivity contribution in [2.24, 2.45) is 0 Å². The van der Waals surface area contributed by atoms with E-state index >= 15 is 0 Å². The zero-order chi connectivity index (χ0) is 17.7. The average Bonchev–Trinajstić information content (AvgIpc) is 3.30. The fraction of sp³-hybridized carbons (Fsp3) is 0.368. The lowest BCUT2D eigenvalue weighted by atomic mass is 9.84. The summed E-state index contributed by atoms with van der Waals surface area (Å²) in [7, 11) is 0. The van der Waals surface area contributed by atoms with E-state index in [-0.39, 0.29) is 23.8 Å². The van der Waals surface area contributed by atoms with Gasteiger partial charge in [0.05, 0.1) is 6.54 Å². The zero-order valence-corrected chi connectivity index (χ0v) is 15.5. The van der Waals surface area contributed by atoms with Gasteiger partial charge in [-0.3, -0.25) is 9.59 Å². The minimum absolute atomic E-state index is 0.0358. The number of rotatable bonds is 6. The molecule has 1 aromatic heterocycles. The molecule has 1 heterocycles. The Hall–Kier alpha value is -1.85. The highest BCUT2D eigenvalue weighted by Crippen LogP contribution is 2.42. The second kappa shape index (κ2) is 8.02. The summed E-state index contributed by atoms with van der Waals surface area (Å²) in [6.07, 6.45) is 4.59. The van der Waals surface area contributed by atoms with E-state index < -0.39 is 0 Å². The van der Waals surface area contributed by atoms with Gasteiger partial charge in [0.15, 0.2) is 0 Å². The molecule has 1 fully saturated rings. The number of thiophene rings is 1. The maximum Gasteiger partial charge on any atom is 0.251 e. The number of carbonyl (C=O) groups is 2. The third-order valence-electron chi connectivity index (χ3n) is 4.72. The predicted molar refractivity (Wildman–Crippen MR) is 101 cm³/mol. The molecule has 0 unspecified atom stereocenters. The molecule has 0 bridgehead atoms. The second-order valence-electron chi connectivity index (χ2n) is 6.43. The van der Waals surface area contributed by atoms with Crippen molar-refractivity contribution in [2.75, 3.05) is 13.1 Å². The van der Waals surface area contributed by atoms with Crippen LogP contribution < -0.4 is 10.6 Å². The van der Waals surface area contributed by atoms with Crippen LogP contribution in [0.5, 0.6) is 0 Å². The Labute approximate surface area is 156 Å². The normalized spacial score (nSPS) is 15.7. The third-order valence-corrected chi connectivity index (χ3v) is 6.08. The lowest BCUT2D eigenvalue weighted by molar-refractivity contribution is -0.120. The molecule has 0 radical (unpaired) electrons. The highest BCUT2D eigenvalue weighted by atomic mass is 35.5. The average molecular weight is 377 g/mol. The van der Waals surface area contributed by atoms with Crippen molar-refractivity contribution >= 4 is 34.8 Å². The van der Waals surface area contributed by atoms with Gasteiger partial charge in [-0.2, -0.15) is 0 Å². The van der Waals surface area contributed by atoms with E-state index in [0.29, 0.717) is 17.1 Å². The Morgan fingerprint density at radius 2 is 1.92 bits per heavy atom. The molecule has 3 rings (SSSR count). The summed E-state index contributed by atoms with van der Waals surface area (Å²) in [4.78, 5) is 25.6. The molecule has 2 aromatic rings. The van der Waals surface area contributed by atoms with Crippen LogP contribution in [-0.4, -0.2) is 24.9 Å². The van der Waals surface area contributed by atoms with Crippen molar-refractivity contribution in [3.63, 3.8) is 0 Å². The van der Waals surface area contributed by atoms with Crippen LogP contribution in [0.4, 0.5) is 0 Å². The minimum atomic E-state index is -0.300. The lowest BCUT2D eigenvalue weighted by Gasteiger charge is -2.28. The summed E-state index contributed by atoms with van der Waals surface area (Å²) in [5, 5.41) is 8.22. The fourth-order valence-corrected chi connectivity index (χ4v) is 4.54. The molecular formula is C19H21ClN2O2S. The van der Waals surface area contributed by atoms with Crippen molar-refractivity contribution in [1.82, 2.24) is 10.6 Å². The molecule has 1 aliphatic rings. The SMILES string of the molecule is O=C(CNC(=O)c1cccc(Cl)c1)NCC1(c2cccs2)CCCC1. The van der Waals surface area contributed by atoms with Crippen LogP contribution in [0.15, 0.2) is 41.8 Å². The third kappa shape index (κ3) is 4.41. The summed E-state index contributed by atoms with van der Waals surface area (Å²) in [6.45, 7) is 0.589. The molecule has 1 aromatic carbocycles. The maximum absolute atomic E-state index is 12.2. The molecule has 4 nitrogen and oxygen atoms in total. The molecule has 0 atom stereocenters. The number of amides is 2. The maximum atomic E-state index is 12.2. The van der Waals surface area contributed by atoms with Crippen LogP contribution in [-0.2, 0) is 10.2 Å². The molecule has 25 heavy (non-hydrogen) atoms. The van der Waals surface area contributed by atoms with Gasteiger partial charge < -0.3 is 10.6 Å². The van der Waals surface area contributed by atoms with Gasteiger partial charge in [0, 0.05) is 27.4 Å². The van der Waals surface area contributed by atoms with Crippen LogP contribution in [0, 0.1) is 0 Å². The summed E-state index contributed by atoms with van der Waals surface area (Å²) in [6, 6.07) is 10.9. The van der Waals surface area contributed by atoms with Crippen LogP contribution in [0.1, 0.15) is 40.9 Å². The molecule has 2 amide bonds. The van der Waals surface area contributed by atoms with Gasteiger partial charge in [-0.05, 0) is 42.5 Å². The number of benzene rings is 1. The standard InChI is InChI=1S/C19H21ClN2O2S/c20-15-6-3-5-14(11-15)18(24)21-12-17(23)22-13-19(8-1-2-9-19)16-7-4-10-25-16/h3-7,10-11H,1-2,8-9,12-13H2,(H,21,24)(H,22,23). The molecule has 0 saturated heterocycles. The largest absolute Gasteiger partial charge is 0.354 e. The smallest absolute Gasteiger partial charge is 0.251 e. The fourth-order valence-electron chi connectivity index (χ4n) is 3.37. The predicted octanol–water partition coefficient (Wildman–Crippen LogP) is 3.76. The summed E-state index contributed by atoms with van der Waals surface area (Å²) in [5.41, 5.74) is 0.506. The summed E-state index contributed by atoms with van der Waals surface area (Å²) >= 11 is 7.63. The molecule has 6 heteroatoms. The number of nitrogens with one attached hydrogen (secondary N) is 2. The van der Waals surface area contributed by atoms with Crippen LogP contribution in [0.25, 0.3) is 0 Å². The van der Waals surface area contributed by atoms with E-state index in [1.54, 1.807) is 35.6 Å². The van der Waals surface area contributed by atoms with Crippen LogP contribution in [0.3, 0.4) is 0 Å². The lowest BCUT2D eigenvalue weighted by Crippen LogP contribution is -2.43. The first-order valence-electron chi connectivity index (χ1n) is 8.44. The first kappa shape index (κ1) is 18.0. The molecule has 2 N–H and O–H groups in total. The topological polar surface area (TPSA) is 58.2 Å². The van der Waals surface area contributed by atoms with E-state index in [2.05, 4.69) is 28.1 Å². The van der Waals surface area contributed by atoms with Crippen molar-refractivity contribution in [3.05, 3.63) is 57.2 Å². The molecule has 1 aliphatic carbocycles. The van der Waals surface area contributed by atoms with Crippen molar-refractivity contribution in [1.29, 1.82) is 0 Å². The summed E-state index contributed by atoms with van der Waals surface area (Å²) in [5.74, 6) is -0.468. The Morgan fingerprint density at radius 1 is 1.12 bits per heavy atom. The number of hydrogen-bond acceptors (Lipinski definition) is 3. The van der Waals surface area contributed by atoms with Crippen molar-refractivity contribution in [2.45, 2.75) is 31.1 Å². The number of carbonyl (C=O) groups excluding carboxylic acids is 2. The molecule has 0 aliphatic heterocycles. The van der Waals surface area contributed by atoms with Crippen molar-refractivity contribution < 1.29 is 9.59 Å². The quantitative estimate of drug-likeness (QED) is 0.806. The van der Waals surface area contributed by atoms with Crippen LogP contribution in [0.2, 0.25) is 5.02 Å². The first-order valence-corrected chi connectivity index (χ1v) is 9.69. The first-order chi connectivity index (χ1) is 12.1. The monoisotopic (exact) mass is 376 g/mol. The van der Waals surface area contributed by atoms with Gasteiger partial charge in [-0.25, -0.2) is 0 Å². The minimum Gasteiger partial charge on any atom is -0.354 e. The zero-order valence-electron chi connectivity index (χ0n) is 13.9. The summed E-state index contributed by atoms with van der Waals surface area (Å²) < 4.78 is 0. The highest BCUT2D eigenvalue weighted by Gasteiger charge is 2.36. The van der Waals surface area contributed by atoms with Gasteiger partial charge in [0.2, 0.25) is 5.91 Å². The Kier molecular flexibility index (Phi) is 5.76. The van der Waals surface area contributed by atoms with Gasteiger partial charge in [-0.15, -0.1) is 11.3 Å². The molecular weight excluding hydrogens is 356 g/mol. The number of halogens is 1. The van der Waals surface area contributed by atoms with Gasteiger partial charge >= 0.3 is 0 Å². The van der Waals surface area contributed by atoms with E-state index in [9.17, 15) is 9.59 Å². The van der Waals surface area contributed by atoms with E-state index in [1.807, 2.05) is 0 Å². The Balaban J connectivity index is 1.52. The van der Waals surface area contributed by atoms with E-state index in [4.69, 9.17) is 11.6 Å². The molecule has 0 spiro atoms. The van der Waals surface area contributed by atoms with Crippen molar-refractivity contribution in [3.8, 4) is 0 Å². The molecule has 132 valence electrons. The van der Waals surface area contributed by atoms with Gasteiger partial charge in [0.25, 0.3) is 5.91 Å². The second-order valence-corrected chi connectivity index (χ2v) is 7.82. The highest BCUT2D eigenvalue weighted by molar-refractivity contribution is 7.10. The Bertz CT molecular complexity index is 740. The van der Waals surface area contributed by atoms with E-state index in [1.165, 1.54) is 17.7 Å². The Morgan fingerprint density at radius 3 is 2.60 bits per heavy atom. The van der Waals surface area contributed by atoms with E-state index in [0.717, 1.165) is 12.8 Å². The van der Waals surface area contributed by atoms with Gasteiger partial charge in [0.1, 0.15) is 0 Å². The van der Waals surface area contributed by atoms with Gasteiger partial charge in [-0.1, -0.05) is 36.6 Å². The van der Waals surface area contributed by atoms with Crippen LogP contribution >= 0.6 is 22.9 Å².